The molecule has 0 bridgehead atoms. The van der Waals surface area contributed by atoms with Gasteiger partial charge in [-0.2, -0.15) is 0 Å². The number of benzene rings is 1. The van der Waals surface area contributed by atoms with Gasteiger partial charge in [-0.3, -0.25) is 0 Å². The van der Waals surface area contributed by atoms with Gasteiger partial charge in [-0.15, -0.1) is 12.4 Å². The molecule has 1 fully saturated rings. The van der Waals surface area contributed by atoms with E-state index in [1.54, 1.807) is 14.2 Å². The number of halogens is 1. The van der Waals surface area contributed by atoms with Crippen LogP contribution in [0.3, 0.4) is 0 Å². The van der Waals surface area contributed by atoms with Crippen molar-refractivity contribution < 1.29 is 9.47 Å². The van der Waals surface area contributed by atoms with Crippen LogP contribution in [0.5, 0.6) is 11.5 Å². The first kappa shape index (κ1) is 13.1. The Morgan fingerprint density at radius 3 is 2.38 bits per heavy atom. The van der Waals surface area contributed by atoms with Crippen molar-refractivity contribution in [1.29, 1.82) is 0 Å². The van der Waals surface area contributed by atoms with Crippen LogP contribution in [0.1, 0.15) is 5.56 Å². The second-order valence-electron chi connectivity index (χ2n) is 3.83. The molecule has 1 heterocycles. The molecule has 90 valence electrons. The molecular formula is C11H17ClN2O2. The van der Waals surface area contributed by atoms with Gasteiger partial charge in [0.2, 0.25) is 0 Å². The van der Waals surface area contributed by atoms with E-state index in [0.29, 0.717) is 0 Å². The van der Waals surface area contributed by atoms with Crippen molar-refractivity contribution in [3.05, 3.63) is 23.8 Å². The molecule has 0 saturated carbocycles. The molecule has 2 rings (SSSR count). The maximum atomic E-state index is 6.21. The van der Waals surface area contributed by atoms with Gasteiger partial charge < -0.3 is 20.5 Å². The summed E-state index contributed by atoms with van der Waals surface area (Å²) in [5.41, 5.74) is 6.95. The molecule has 0 aliphatic carbocycles. The SMILES string of the molecule is COc1ccc(C2(N)CNC2)c(OC)c1.Cl. The van der Waals surface area contributed by atoms with Crippen molar-refractivity contribution in [3.63, 3.8) is 0 Å². The molecule has 3 N–H and O–H groups in total. The highest BCUT2D eigenvalue weighted by molar-refractivity contribution is 5.85. The third kappa shape index (κ3) is 2.09. The number of nitrogens with two attached hydrogens (primary N) is 1. The molecule has 0 radical (unpaired) electrons. The summed E-state index contributed by atoms with van der Waals surface area (Å²) in [7, 11) is 3.28. The average molecular weight is 245 g/mol. The normalized spacial score (nSPS) is 16.9. The molecule has 5 heteroatoms. The highest BCUT2D eigenvalue weighted by atomic mass is 35.5. The highest BCUT2D eigenvalue weighted by Crippen LogP contribution is 2.33. The number of hydrogen-bond acceptors (Lipinski definition) is 4. The number of ether oxygens (including phenoxy) is 2. The van der Waals surface area contributed by atoms with E-state index in [4.69, 9.17) is 15.2 Å². The van der Waals surface area contributed by atoms with E-state index in [9.17, 15) is 0 Å². The van der Waals surface area contributed by atoms with E-state index in [1.807, 2.05) is 18.2 Å². The van der Waals surface area contributed by atoms with Gasteiger partial charge in [0.15, 0.2) is 0 Å². The lowest BCUT2D eigenvalue weighted by Gasteiger charge is -2.40. The predicted molar refractivity (Wildman–Crippen MR) is 65.5 cm³/mol. The summed E-state index contributed by atoms with van der Waals surface area (Å²) in [5, 5.41) is 3.17. The monoisotopic (exact) mass is 244 g/mol. The first-order valence-electron chi connectivity index (χ1n) is 4.92. The summed E-state index contributed by atoms with van der Waals surface area (Å²) in [6.07, 6.45) is 0. The molecule has 1 aromatic carbocycles. The van der Waals surface area contributed by atoms with E-state index < -0.39 is 0 Å². The van der Waals surface area contributed by atoms with Crippen LogP contribution < -0.4 is 20.5 Å². The minimum Gasteiger partial charge on any atom is -0.497 e. The highest BCUT2D eigenvalue weighted by Gasteiger charge is 2.36. The Labute approximate surface area is 102 Å². The molecule has 1 aromatic rings. The Balaban J connectivity index is 0.00000128. The fourth-order valence-electron chi connectivity index (χ4n) is 1.79. The number of hydrogen-bond donors (Lipinski definition) is 2. The Bertz CT molecular complexity index is 367. The van der Waals surface area contributed by atoms with Crippen molar-refractivity contribution in [2.24, 2.45) is 5.73 Å². The lowest BCUT2D eigenvalue weighted by molar-refractivity contribution is 0.274. The Kier molecular flexibility index (Phi) is 4.02. The topological polar surface area (TPSA) is 56.5 Å². The smallest absolute Gasteiger partial charge is 0.127 e. The maximum Gasteiger partial charge on any atom is 0.127 e. The minimum absolute atomic E-state index is 0. The maximum absolute atomic E-state index is 6.21. The summed E-state index contributed by atoms with van der Waals surface area (Å²) in [6.45, 7) is 1.57. The Morgan fingerprint density at radius 2 is 1.94 bits per heavy atom. The van der Waals surface area contributed by atoms with Crippen molar-refractivity contribution in [2.45, 2.75) is 5.54 Å². The molecule has 0 spiro atoms. The third-order valence-corrected chi connectivity index (χ3v) is 2.83. The standard InChI is InChI=1S/C11H16N2O2.ClH/c1-14-8-3-4-9(10(5-8)15-2)11(12)6-13-7-11;/h3-5,13H,6-7,12H2,1-2H3;1H. The van der Waals surface area contributed by atoms with Crippen molar-refractivity contribution in [1.82, 2.24) is 5.32 Å². The van der Waals surface area contributed by atoms with E-state index in [1.165, 1.54) is 0 Å². The molecule has 4 nitrogen and oxygen atoms in total. The fourth-order valence-corrected chi connectivity index (χ4v) is 1.79. The van der Waals surface area contributed by atoms with Gasteiger partial charge >= 0.3 is 0 Å². The van der Waals surface area contributed by atoms with E-state index in [0.717, 1.165) is 30.2 Å². The largest absolute Gasteiger partial charge is 0.497 e. The zero-order chi connectivity index (χ0) is 10.9. The molecule has 1 aliphatic heterocycles. The van der Waals surface area contributed by atoms with Crippen molar-refractivity contribution >= 4 is 12.4 Å². The Hall–Kier alpha value is -0.970. The molecule has 0 atom stereocenters. The lowest BCUT2D eigenvalue weighted by Crippen LogP contribution is -2.62. The van der Waals surface area contributed by atoms with E-state index in [-0.39, 0.29) is 17.9 Å². The number of rotatable bonds is 3. The van der Waals surface area contributed by atoms with Crippen LogP contribution in [0.4, 0.5) is 0 Å². The number of methoxy groups -OCH3 is 2. The first-order chi connectivity index (χ1) is 7.19. The summed E-state index contributed by atoms with van der Waals surface area (Å²) >= 11 is 0. The van der Waals surface area contributed by atoms with E-state index in [2.05, 4.69) is 5.32 Å². The quantitative estimate of drug-likeness (QED) is 0.829. The summed E-state index contributed by atoms with van der Waals surface area (Å²) in [4.78, 5) is 0. The van der Waals surface area contributed by atoms with Crippen molar-refractivity contribution in [2.75, 3.05) is 27.3 Å². The van der Waals surface area contributed by atoms with Gasteiger partial charge in [-0.05, 0) is 12.1 Å². The summed E-state index contributed by atoms with van der Waals surface area (Å²) in [6, 6.07) is 5.74. The fraction of sp³-hybridized carbons (Fsp3) is 0.455. The first-order valence-corrected chi connectivity index (χ1v) is 4.92. The average Bonchev–Trinajstić information content (AvgIpc) is 2.25. The van der Waals surface area contributed by atoms with Crippen molar-refractivity contribution in [3.8, 4) is 11.5 Å². The van der Waals surface area contributed by atoms with Gasteiger partial charge in [-0.25, -0.2) is 0 Å². The van der Waals surface area contributed by atoms with Gasteiger partial charge in [-0.1, -0.05) is 0 Å². The molecule has 0 aromatic heterocycles. The molecular weight excluding hydrogens is 228 g/mol. The van der Waals surface area contributed by atoms with Gasteiger partial charge in [0.25, 0.3) is 0 Å². The van der Waals surface area contributed by atoms with Crippen LogP contribution in [0.15, 0.2) is 18.2 Å². The molecule has 1 aliphatic rings. The lowest BCUT2D eigenvalue weighted by atomic mass is 9.85. The van der Waals surface area contributed by atoms with Crippen LogP contribution in [0.2, 0.25) is 0 Å². The summed E-state index contributed by atoms with van der Waals surface area (Å²) in [5.74, 6) is 1.57. The van der Waals surface area contributed by atoms with Crippen LogP contribution in [-0.2, 0) is 5.54 Å². The molecule has 1 saturated heterocycles. The summed E-state index contributed by atoms with van der Waals surface area (Å²) < 4.78 is 10.5. The second-order valence-corrected chi connectivity index (χ2v) is 3.83. The number of nitrogens with one attached hydrogen (secondary N) is 1. The zero-order valence-corrected chi connectivity index (χ0v) is 10.3. The molecule has 0 amide bonds. The van der Waals surface area contributed by atoms with Crippen LogP contribution in [0, 0.1) is 0 Å². The van der Waals surface area contributed by atoms with Gasteiger partial charge in [0.05, 0.1) is 19.8 Å². The van der Waals surface area contributed by atoms with Gasteiger partial charge in [0, 0.05) is 24.7 Å². The van der Waals surface area contributed by atoms with Crippen LogP contribution in [-0.4, -0.2) is 27.3 Å². The predicted octanol–water partition coefficient (Wildman–Crippen LogP) is 0.883. The van der Waals surface area contributed by atoms with Crippen LogP contribution in [0.25, 0.3) is 0 Å². The third-order valence-electron chi connectivity index (χ3n) is 2.83. The minimum atomic E-state index is -0.294. The van der Waals surface area contributed by atoms with Crippen LogP contribution >= 0.6 is 12.4 Å². The second kappa shape index (κ2) is 4.91. The Morgan fingerprint density at radius 1 is 1.25 bits per heavy atom. The van der Waals surface area contributed by atoms with E-state index >= 15 is 0 Å². The van der Waals surface area contributed by atoms with Gasteiger partial charge in [0.1, 0.15) is 11.5 Å². The molecule has 0 unspecified atom stereocenters. The zero-order valence-electron chi connectivity index (χ0n) is 9.45. The molecule has 16 heavy (non-hydrogen) atoms.